The van der Waals surface area contributed by atoms with E-state index in [9.17, 15) is 14.9 Å². The zero-order valence-corrected chi connectivity index (χ0v) is 19.6. The van der Waals surface area contributed by atoms with E-state index in [0.29, 0.717) is 66.4 Å². The SMILES string of the molecule is CCCn1c(N2CCOCC2)c(C=C2SC(=S)N(CCOC)C2=O)c(C)c(C#N)c1=O. The van der Waals surface area contributed by atoms with Crippen molar-refractivity contribution in [1.29, 1.82) is 5.26 Å². The number of hydrogen-bond donors (Lipinski definition) is 0. The fraction of sp³-hybridized carbons (Fsp3) is 0.524. The smallest absolute Gasteiger partial charge is 0.270 e. The number of carbonyl (C=O) groups excluding carboxylic acids is 1. The van der Waals surface area contributed by atoms with Gasteiger partial charge in [-0.3, -0.25) is 19.1 Å². The van der Waals surface area contributed by atoms with Crippen LogP contribution in [0.2, 0.25) is 0 Å². The predicted molar refractivity (Wildman–Crippen MR) is 125 cm³/mol. The van der Waals surface area contributed by atoms with Crippen molar-refractivity contribution in [3.8, 4) is 6.07 Å². The average Bonchev–Trinajstić information content (AvgIpc) is 3.03. The molecule has 0 N–H and O–H groups in total. The van der Waals surface area contributed by atoms with Crippen LogP contribution in [0.1, 0.15) is 30.0 Å². The van der Waals surface area contributed by atoms with Crippen molar-refractivity contribution in [3.63, 3.8) is 0 Å². The minimum atomic E-state index is -0.298. The van der Waals surface area contributed by atoms with Crippen molar-refractivity contribution in [3.05, 3.63) is 31.9 Å². The number of nitriles is 1. The van der Waals surface area contributed by atoms with Crippen LogP contribution in [-0.2, 0) is 20.8 Å². The second-order valence-corrected chi connectivity index (χ2v) is 8.91. The number of amides is 1. The molecule has 0 saturated carbocycles. The highest BCUT2D eigenvalue weighted by Crippen LogP contribution is 2.36. The Morgan fingerprint density at radius 1 is 1.29 bits per heavy atom. The molecule has 2 aliphatic heterocycles. The number of hydrogen-bond acceptors (Lipinski definition) is 8. The van der Waals surface area contributed by atoms with Gasteiger partial charge in [-0.1, -0.05) is 30.9 Å². The molecule has 0 unspecified atom stereocenters. The Morgan fingerprint density at radius 2 is 2.00 bits per heavy atom. The molecule has 0 spiro atoms. The Labute approximate surface area is 191 Å². The van der Waals surface area contributed by atoms with Gasteiger partial charge in [-0.2, -0.15) is 5.26 Å². The molecule has 0 atom stereocenters. The number of ether oxygens (including phenoxy) is 2. The first-order valence-corrected chi connectivity index (χ1v) is 11.4. The molecule has 3 heterocycles. The summed E-state index contributed by atoms with van der Waals surface area (Å²) < 4.78 is 12.7. The van der Waals surface area contributed by atoms with Crippen LogP contribution in [0.15, 0.2) is 9.70 Å². The molecule has 1 aromatic heterocycles. The molecule has 0 aromatic carbocycles. The van der Waals surface area contributed by atoms with Gasteiger partial charge in [-0.25, -0.2) is 0 Å². The fourth-order valence-corrected chi connectivity index (χ4v) is 4.99. The summed E-state index contributed by atoms with van der Waals surface area (Å²) in [5.41, 5.74) is 1.09. The lowest BCUT2D eigenvalue weighted by atomic mass is 10.0. The van der Waals surface area contributed by atoms with Gasteiger partial charge < -0.3 is 14.4 Å². The Bertz CT molecular complexity index is 1010. The van der Waals surface area contributed by atoms with E-state index in [1.54, 1.807) is 24.7 Å². The Hall–Kier alpha value is -2.19. The molecule has 2 saturated heterocycles. The summed E-state index contributed by atoms with van der Waals surface area (Å²) >= 11 is 6.62. The van der Waals surface area contributed by atoms with Gasteiger partial charge >= 0.3 is 0 Å². The number of nitrogens with zero attached hydrogens (tertiary/aromatic N) is 4. The third kappa shape index (κ3) is 4.70. The van der Waals surface area contributed by atoms with Crippen LogP contribution in [-0.4, -0.2) is 66.3 Å². The Kier molecular flexibility index (Phi) is 7.89. The van der Waals surface area contributed by atoms with Crippen molar-refractivity contribution < 1.29 is 14.3 Å². The molecule has 10 heteroatoms. The molecule has 2 fully saturated rings. The standard InChI is InChI=1S/C21H26N4O4S2/c1-4-5-24-18(23-6-10-29-11-7-23)15(14(2)16(13-22)19(24)26)12-17-20(27)25(8-9-28-3)21(30)31-17/h12H,4-11H2,1-3H3. The van der Waals surface area contributed by atoms with Crippen LogP contribution in [0.3, 0.4) is 0 Å². The molecular formula is C21H26N4O4S2. The Morgan fingerprint density at radius 3 is 2.61 bits per heavy atom. The maximum Gasteiger partial charge on any atom is 0.270 e. The van der Waals surface area contributed by atoms with Gasteiger partial charge in [0.15, 0.2) is 0 Å². The highest BCUT2D eigenvalue weighted by atomic mass is 32.2. The summed E-state index contributed by atoms with van der Waals surface area (Å²) in [6, 6.07) is 2.06. The minimum absolute atomic E-state index is 0.103. The van der Waals surface area contributed by atoms with Gasteiger partial charge in [0, 0.05) is 32.3 Å². The van der Waals surface area contributed by atoms with E-state index in [-0.39, 0.29) is 17.0 Å². The maximum atomic E-state index is 13.1. The fourth-order valence-electron chi connectivity index (χ4n) is 3.70. The number of anilines is 1. The van der Waals surface area contributed by atoms with Crippen LogP contribution in [0.5, 0.6) is 0 Å². The van der Waals surface area contributed by atoms with Crippen molar-refractivity contribution in [2.45, 2.75) is 26.8 Å². The third-order valence-corrected chi connectivity index (χ3v) is 6.65. The molecule has 3 rings (SSSR count). The van der Waals surface area contributed by atoms with Gasteiger partial charge in [-0.05, 0) is 25.0 Å². The van der Waals surface area contributed by atoms with Crippen molar-refractivity contribution in [2.75, 3.05) is 51.5 Å². The number of thioether (sulfide) groups is 1. The molecule has 0 bridgehead atoms. The zero-order valence-electron chi connectivity index (χ0n) is 18.0. The van der Waals surface area contributed by atoms with E-state index >= 15 is 0 Å². The van der Waals surface area contributed by atoms with Crippen molar-refractivity contribution in [1.82, 2.24) is 9.47 Å². The molecule has 8 nitrogen and oxygen atoms in total. The summed E-state index contributed by atoms with van der Waals surface area (Å²) in [4.78, 5) is 30.2. The first-order valence-electron chi connectivity index (χ1n) is 10.2. The van der Waals surface area contributed by atoms with Crippen LogP contribution < -0.4 is 10.5 Å². The second kappa shape index (κ2) is 10.4. The maximum absolute atomic E-state index is 13.1. The minimum Gasteiger partial charge on any atom is -0.383 e. The number of methoxy groups -OCH3 is 1. The highest BCUT2D eigenvalue weighted by molar-refractivity contribution is 8.26. The van der Waals surface area contributed by atoms with Gasteiger partial charge in [0.25, 0.3) is 11.5 Å². The lowest BCUT2D eigenvalue weighted by molar-refractivity contribution is -0.122. The van der Waals surface area contributed by atoms with E-state index in [2.05, 4.69) is 11.0 Å². The summed E-state index contributed by atoms with van der Waals surface area (Å²) in [7, 11) is 1.58. The van der Waals surface area contributed by atoms with Gasteiger partial charge in [0.05, 0.1) is 31.3 Å². The molecule has 166 valence electrons. The highest BCUT2D eigenvalue weighted by Gasteiger charge is 2.33. The second-order valence-electron chi connectivity index (χ2n) is 7.23. The summed E-state index contributed by atoms with van der Waals surface area (Å²) in [6.07, 6.45) is 2.52. The molecule has 0 aliphatic carbocycles. The van der Waals surface area contributed by atoms with Gasteiger partial charge in [-0.15, -0.1) is 0 Å². The number of aromatic nitrogens is 1. The number of thiocarbonyl (C=S) groups is 1. The average molecular weight is 463 g/mol. The Balaban J connectivity index is 2.18. The first-order chi connectivity index (χ1) is 14.9. The molecule has 0 radical (unpaired) electrons. The third-order valence-electron chi connectivity index (χ3n) is 5.27. The monoisotopic (exact) mass is 462 g/mol. The van der Waals surface area contributed by atoms with Crippen LogP contribution >= 0.6 is 24.0 Å². The zero-order chi connectivity index (χ0) is 22.5. The van der Waals surface area contributed by atoms with E-state index in [0.717, 1.165) is 12.2 Å². The predicted octanol–water partition coefficient (Wildman–Crippen LogP) is 2.12. The first kappa shape index (κ1) is 23.5. The number of carbonyl (C=O) groups is 1. The van der Waals surface area contributed by atoms with Crippen molar-refractivity contribution in [2.24, 2.45) is 0 Å². The largest absolute Gasteiger partial charge is 0.383 e. The molecular weight excluding hydrogens is 436 g/mol. The van der Waals surface area contributed by atoms with Crippen LogP contribution in [0.25, 0.3) is 6.08 Å². The topological polar surface area (TPSA) is 87.8 Å². The lowest BCUT2D eigenvalue weighted by Crippen LogP contribution is -2.41. The normalized spacial score (nSPS) is 18.2. The van der Waals surface area contributed by atoms with Crippen LogP contribution in [0.4, 0.5) is 5.82 Å². The molecule has 1 aromatic rings. The van der Waals surface area contributed by atoms with E-state index in [1.165, 1.54) is 16.7 Å². The number of pyridine rings is 1. The van der Waals surface area contributed by atoms with Gasteiger partial charge in [0.2, 0.25) is 0 Å². The molecule has 2 aliphatic rings. The van der Waals surface area contributed by atoms with Crippen LogP contribution in [0, 0.1) is 18.3 Å². The molecule has 31 heavy (non-hydrogen) atoms. The molecule has 1 amide bonds. The quantitative estimate of drug-likeness (QED) is 0.450. The summed E-state index contributed by atoms with van der Waals surface area (Å²) in [6.45, 7) is 7.37. The number of rotatable bonds is 7. The van der Waals surface area contributed by atoms with E-state index in [4.69, 9.17) is 21.7 Å². The van der Waals surface area contributed by atoms with E-state index < -0.39 is 0 Å². The van der Waals surface area contributed by atoms with Crippen molar-refractivity contribution >= 4 is 46.1 Å². The summed E-state index contributed by atoms with van der Waals surface area (Å²) in [5.74, 6) is 0.542. The van der Waals surface area contributed by atoms with E-state index in [1.807, 2.05) is 6.92 Å². The van der Waals surface area contributed by atoms with Gasteiger partial charge in [0.1, 0.15) is 21.8 Å². The lowest BCUT2D eigenvalue weighted by Gasteiger charge is -2.33. The summed E-state index contributed by atoms with van der Waals surface area (Å²) in [5, 5.41) is 9.68. The number of morpholine rings is 1.